The molecule has 3 heteroatoms. The maximum atomic E-state index is 9.59. The lowest BCUT2D eigenvalue weighted by Crippen LogP contribution is -2.16. The number of halogens is 2. The summed E-state index contributed by atoms with van der Waals surface area (Å²) in [4.78, 5) is 0. The number of hydrogen-bond acceptors (Lipinski definition) is 1. The SMILES string of the molecule is O[C@H]1C[C@@H]2CC[C@H]1[C@@H]2C=C(Cl)Cl. The Balaban J connectivity index is 2.14. The third kappa shape index (κ3) is 1.39. The fraction of sp³-hybridized carbons (Fsp3) is 0.778. The van der Waals surface area contributed by atoms with E-state index in [-0.39, 0.29) is 6.10 Å². The van der Waals surface area contributed by atoms with Crippen LogP contribution in [0.25, 0.3) is 0 Å². The number of aliphatic hydroxyl groups excluding tert-OH is 1. The van der Waals surface area contributed by atoms with Crippen LogP contribution in [0.15, 0.2) is 10.6 Å². The highest BCUT2D eigenvalue weighted by molar-refractivity contribution is 6.55. The molecule has 0 heterocycles. The molecule has 2 aliphatic rings. The molecule has 0 saturated heterocycles. The highest BCUT2D eigenvalue weighted by Crippen LogP contribution is 2.50. The number of aliphatic hydroxyl groups is 1. The molecule has 0 aromatic heterocycles. The molecule has 1 N–H and O–H groups in total. The zero-order chi connectivity index (χ0) is 8.72. The summed E-state index contributed by atoms with van der Waals surface area (Å²) < 4.78 is 0.353. The van der Waals surface area contributed by atoms with E-state index < -0.39 is 0 Å². The summed E-state index contributed by atoms with van der Waals surface area (Å²) in [5, 5.41) is 9.59. The maximum absolute atomic E-state index is 9.59. The molecule has 68 valence electrons. The van der Waals surface area contributed by atoms with Gasteiger partial charge in [0.1, 0.15) is 4.49 Å². The van der Waals surface area contributed by atoms with Gasteiger partial charge in [0.15, 0.2) is 0 Å². The van der Waals surface area contributed by atoms with Gasteiger partial charge in [0, 0.05) is 0 Å². The Kier molecular flexibility index (Phi) is 2.37. The largest absolute Gasteiger partial charge is 0.393 e. The number of fused-ring (bicyclic) bond motifs is 2. The first-order valence-corrected chi connectivity index (χ1v) is 5.15. The molecule has 0 unspecified atom stereocenters. The van der Waals surface area contributed by atoms with E-state index in [2.05, 4.69) is 0 Å². The molecule has 2 rings (SSSR count). The highest BCUT2D eigenvalue weighted by Gasteiger charge is 2.46. The van der Waals surface area contributed by atoms with Crippen LogP contribution in [-0.2, 0) is 0 Å². The zero-order valence-corrected chi connectivity index (χ0v) is 8.22. The summed E-state index contributed by atoms with van der Waals surface area (Å²) in [5.74, 6) is 1.48. The number of allylic oxidation sites excluding steroid dienone is 1. The number of hydrogen-bond donors (Lipinski definition) is 1. The van der Waals surface area contributed by atoms with Gasteiger partial charge in [-0.05, 0) is 37.0 Å². The summed E-state index contributed by atoms with van der Waals surface area (Å²) in [5.41, 5.74) is 0. The van der Waals surface area contributed by atoms with E-state index in [1.165, 1.54) is 6.42 Å². The molecule has 2 saturated carbocycles. The molecule has 1 nitrogen and oxygen atoms in total. The summed E-state index contributed by atoms with van der Waals surface area (Å²) in [6.45, 7) is 0. The van der Waals surface area contributed by atoms with E-state index in [1.807, 2.05) is 6.08 Å². The molecule has 12 heavy (non-hydrogen) atoms. The van der Waals surface area contributed by atoms with Crippen LogP contribution in [0.4, 0.5) is 0 Å². The predicted molar refractivity (Wildman–Crippen MR) is 50.1 cm³/mol. The fourth-order valence-corrected chi connectivity index (χ4v) is 3.05. The molecule has 4 atom stereocenters. The Morgan fingerprint density at radius 2 is 2.08 bits per heavy atom. The molecule has 0 aromatic rings. The Morgan fingerprint density at radius 1 is 1.33 bits per heavy atom. The lowest BCUT2D eigenvalue weighted by atomic mass is 9.97. The second-order valence-electron chi connectivity index (χ2n) is 3.84. The van der Waals surface area contributed by atoms with Gasteiger partial charge < -0.3 is 5.11 Å². The van der Waals surface area contributed by atoms with Crippen molar-refractivity contribution in [3.8, 4) is 0 Å². The van der Waals surface area contributed by atoms with Crippen molar-refractivity contribution in [3.05, 3.63) is 10.6 Å². The van der Waals surface area contributed by atoms with E-state index >= 15 is 0 Å². The smallest absolute Gasteiger partial charge is 0.103 e. The van der Waals surface area contributed by atoms with Crippen molar-refractivity contribution in [2.45, 2.75) is 25.4 Å². The lowest BCUT2D eigenvalue weighted by molar-refractivity contribution is 0.110. The third-order valence-electron chi connectivity index (χ3n) is 3.27. The number of rotatable bonds is 1. The molecule has 0 radical (unpaired) electrons. The van der Waals surface area contributed by atoms with E-state index in [1.54, 1.807) is 0 Å². The van der Waals surface area contributed by atoms with Gasteiger partial charge in [-0.1, -0.05) is 29.3 Å². The van der Waals surface area contributed by atoms with Gasteiger partial charge in [-0.15, -0.1) is 0 Å². The molecule has 0 spiro atoms. The average Bonchev–Trinajstić information content (AvgIpc) is 2.44. The van der Waals surface area contributed by atoms with Gasteiger partial charge in [-0.3, -0.25) is 0 Å². The molecule has 2 bridgehead atoms. The second kappa shape index (κ2) is 3.21. The Hall–Kier alpha value is 0.280. The van der Waals surface area contributed by atoms with Crippen molar-refractivity contribution < 1.29 is 5.11 Å². The van der Waals surface area contributed by atoms with Crippen molar-refractivity contribution in [2.75, 3.05) is 0 Å². The molecule has 2 aliphatic carbocycles. The lowest BCUT2D eigenvalue weighted by Gasteiger charge is -2.15. The topological polar surface area (TPSA) is 20.2 Å². The van der Waals surface area contributed by atoms with Crippen molar-refractivity contribution >= 4 is 23.2 Å². The monoisotopic (exact) mass is 206 g/mol. The Labute approximate surface area is 82.4 Å². The first kappa shape index (κ1) is 8.86. The second-order valence-corrected chi connectivity index (χ2v) is 4.85. The minimum absolute atomic E-state index is 0.113. The first-order valence-electron chi connectivity index (χ1n) is 4.39. The third-order valence-corrected chi connectivity index (χ3v) is 3.52. The van der Waals surface area contributed by atoms with Crippen LogP contribution in [-0.4, -0.2) is 11.2 Å². The Bertz CT molecular complexity index is 211. The van der Waals surface area contributed by atoms with Crippen molar-refractivity contribution in [2.24, 2.45) is 17.8 Å². The van der Waals surface area contributed by atoms with Gasteiger partial charge in [-0.25, -0.2) is 0 Å². The summed E-state index contributed by atoms with van der Waals surface area (Å²) in [7, 11) is 0. The first-order chi connectivity index (χ1) is 5.68. The van der Waals surface area contributed by atoms with Crippen LogP contribution in [0.3, 0.4) is 0 Å². The molecule has 0 aromatic carbocycles. The van der Waals surface area contributed by atoms with Crippen LogP contribution >= 0.6 is 23.2 Å². The van der Waals surface area contributed by atoms with Gasteiger partial charge in [0.05, 0.1) is 6.10 Å². The quantitative estimate of drug-likeness (QED) is 0.700. The molecular weight excluding hydrogens is 195 g/mol. The normalized spacial score (nSPS) is 44.9. The van der Waals surface area contributed by atoms with E-state index in [0.717, 1.165) is 12.8 Å². The van der Waals surface area contributed by atoms with Crippen LogP contribution in [0.1, 0.15) is 19.3 Å². The average molecular weight is 207 g/mol. The van der Waals surface area contributed by atoms with Gasteiger partial charge >= 0.3 is 0 Å². The summed E-state index contributed by atoms with van der Waals surface area (Å²) in [6.07, 6.45) is 5.09. The van der Waals surface area contributed by atoms with E-state index in [4.69, 9.17) is 23.2 Å². The zero-order valence-electron chi connectivity index (χ0n) is 6.71. The van der Waals surface area contributed by atoms with Crippen molar-refractivity contribution in [3.63, 3.8) is 0 Å². The minimum atomic E-state index is -0.113. The van der Waals surface area contributed by atoms with Gasteiger partial charge in [0.2, 0.25) is 0 Å². The molecule has 0 aliphatic heterocycles. The minimum Gasteiger partial charge on any atom is -0.393 e. The molecule has 2 fully saturated rings. The van der Waals surface area contributed by atoms with Gasteiger partial charge in [-0.2, -0.15) is 0 Å². The van der Waals surface area contributed by atoms with Crippen molar-refractivity contribution in [1.82, 2.24) is 0 Å². The Morgan fingerprint density at radius 3 is 2.50 bits per heavy atom. The predicted octanol–water partition coefficient (Wildman–Crippen LogP) is 2.71. The van der Waals surface area contributed by atoms with Crippen molar-refractivity contribution in [1.29, 1.82) is 0 Å². The van der Waals surface area contributed by atoms with Crippen LogP contribution in [0.2, 0.25) is 0 Å². The van der Waals surface area contributed by atoms with Crippen LogP contribution in [0.5, 0.6) is 0 Å². The van der Waals surface area contributed by atoms with Gasteiger partial charge in [0.25, 0.3) is 0 Å². The fourth-order valence-electron chi connectivity index (χ4n) is 2.76. The van der Waals surface area contributed by atoms with Crippen LogP contribution < -0.4 is 0 Å². The summed E-state index contributed by atoms with van der Waals surface area (Å²) in [6, 6.07) is 0. The standard InChI is InChI=1S/C9H12Cl2O/c10-9(11)4-7-5-1-2-6(7)8(12)3-5/h4-8,12H,1-3H2/t5-,6-,7+,8-/m0/s1. The molecular formula is C9H12Cl2O. The maximum Gasteiger partial charge on any atom is 0.103 e. The summed E-state index contributed by atoms with van der Waals surface area (Å²) >= 11 is 11.2. The molecule has 0 amide bonds. The van der Waals surface area contributed by atoms with E-state index in [0.29, 0.717) is 22.2 Å². The highest BCUT2D eigenvalue weighted by atomic mass is 35.5. The van der Waals surface area contributed by atoms with Crippen LogP contribution in [0, 0.1) is 17.8 Å². The van der Waals surface area contributed by atoms with E-state index in [9.17, 15) is 5.11 Å².